The van der Waals surface area contributed by atoms with Crippen LogP contribution in [0, 0.1) is 5.92 Å². The van der Waals surface area contributed by atoms with Crippen LogP contribution in [0.2, 0.25) is 0 Å². The first-order valence-corrected chi connectivity index (χ1v) is 9.75. The minimum Gasteiger partial charge on any atom is -0.379 e. The van der Waals surface area contributed by atoms with Crippen molar-refractivity contribution in [3.8, 4) is 0 Å². The average Bonchev–Trinajstić information content (AvgIpc) is 2.48. The van der Waals surface area contributed by atoms with E-state index in [1.807, 2.05) is 0 Å². The predicted molar refractivity (Wildman–Crippen MR) is 90.3 cm³/mol. The number of hydrogen-bond acceptors (Lipinski definition) is 4. The summed E-state index contributed by atoms with van der Waals surface area (Å²) >= 11 is 3.30. The summed E-state index contributed by atoms with van der Waals surface area (Å²) in [6, 6.07) is 7.03. The van der Waals surface area contributed by atoms with E-state index in [2.05, 4.69) is 39.4 Å². The van der Waals surface area contributed by atoms with Crippen molar-refractivity contribution in [3.63, 3.8) is 0 Å². The molecule has 2 rings (SSSR count). The van der Waals surface area contributed by atoms with Gasteiger partial charge in [-0.2, -0.15) is 0 Å². The number of nitrogens with zero attached hydrogens (tertiary/aromatic N) is 1. The lowest BCUT2D eigenvalue weighted by Crippen LogP contribution is -2.51. The Bertz CT molecular complexity index is 586. The summed E-state index contributed by atoms with van der Waals surface area (Å²) in [4.78, 5) is 2.58. The maximum atomic E-state index is 12.5. The SMILES string of the molecule is CC(C)C(CNS(=O)(=O)c1ccccc1Br)N1CCOCC1. The summed E-state index contributed by atoms with van der Waals surface area (Å²) < 4.78 is 33.7. The van der Waals surface area contributed by atoms with E-state index in [0.717, 1.165) is 13.1 Å². The number of sulfonamides is 1. The lowest BCUT2D eigenvalue weighted by atomic mass is 10.0. The molecule has 0 amide bonds. The first-order chi connectivity index (χ1) is 10.4. The van der Waals surface area contributed by atoms with Gasteiger partial charge < -0.3 is 4.74 Å². The van der Waals surface area contributed by atoms with E-state index < -0.39 is 10.0 Å². The quantitative estimate of drug-likeness (QED) is 0.807. The van der Waals surface area contributed by atoms with Crippen molar-refractivity contribution in [2.45, 2.75) is 24.8 Å². The number of nitrogens with one attached hydrogen (secondary N) is 1. The minimum atomic E-state index is -3.51. The molecule has 124 valence electrons. The van der Waals surface area contributed by atoms with Crippen molar-refractivity contribution in [2.75, 3.05) is 32.8 Å². The molecule has 0 saturated carbocycles. The summed E-state index contributed by atoms with van der Waals surface area (Å²) in [5.74, 6) is 0.361. The van der Waals surface area contributed by atoms with Gasteiger partial charge in [-0.05, 0) is 34.0 Å². The van der Waals surface area contributed by atoms with Gasteiger partial charge in [-0.15, -0.1) is 0 Å². The molecule has 1 unspecified atom stereocenters. The number of ether oxygens (including phenoxy) is 1. The summed E-state index contributed by atoms with van der Waals surface area (Å²) in [5.41, 5.74) is 0. The number of morpholine rings is 1. The van der Waals surface area contributed by atoms with Gasteiger partial charge in [-0.3, -0.25) is 4.90 Å². The predicted octanol–water partition coefficient (Wildman–Crippen LogP) is 2.08. The van der Waals surface area contributed by atoms with Crippen LogP contribution in [0.1, 0.15) is 13.8 Å². The van der Waals surface area contributed by atoms with E-state index in [9.17, 15) is 8.42 Å². The van der Waals surface area contributed by atoms with Gasteiger partial charge in [0.15, 0.2) is 0 Å². The van der Waals surface area contributed by atoms with E-state index in [0.29, 0.717) is 30.1 Å². The van der Waals surface area contributed by atoms with Gasteiger partial charge in [0.1, 0.15) is 0 Å². The Morgan fingerprint density at radius 1 is 1.27 bits per heavy atom. The fourth-order valence-corrected chi connectivity index (χ4v) is 4.68. The van der Waals surface area contributed by atoms with Gasteiger partial charge in [0.25, 0.3) is 0 Å². The minimum absolute atomic E-state index is 0.168. The zero-order valence-electron chi connectivity index (χ0n) is 13.0. The van der Waals surface area contributed by atoms with Gasteiger partial charge in [0.05, 0.1) is 18.1 Å². The second-order valence-electron chi connectivity index (χ2n) is 5.74. The third kappa shape index (κ3) is 4.52. The normalized spacial score (nSPS) is 18.5. The van der Waals surface area contributed by atoms with Gasteiger partial charge in [0.2, 0.25) is 10.0 Å². The lowest BCUT2D eigenvalue weighted by Gasteiger charge is -2.36. The molecule has 0 aromatic heterocycles. The van der Waals surface area contributed by atoms with E-state index in [4.69, 9.17) is 4.74 Å². The summed E-state index contributed by atoms with van der Waals surface area (Å²) in [5, 5.41) is 0. The number of benzene rings is 1. The molecule has 1 saturated heterocycles. The van der Waals surface area contributed by atoms with Crippen molar-refractivity contribution < 1.29 is 13.2 Å². The van der Waals surface area contributed by atoms with Crippen LogP contribution >= 0.6 is 15.9 Å². The first-order valence-electron chi connectivity index (χ1n) is 7.48. The molecule has 1 aliphatic rings. The van der Waals surface area contributed by atoms with E-state index in [1.54, 1.807) is 24.3 Å². The van der Waals surface area contributed by atoms with Crippen LogP contribution in [0.4, 0.5) is 0 Å². The molecule has 0 radical (unpaired) electrons. The molecule has 0 bridgehead atoms. The fraction of sp³-hybridized carbons (Fsp3) is 0.600. The molecule has 1 N–H and O–H groups in total. The molecule has 1 atom stereocenters. The Balaban J connectivity index is 2.07. The largest absolute Gasteiger partial charge is 0.379 e. The standard InChI is InChI=1S/C15H23BrN2O3S/c1-12(2)14(18-7-9-21-10-8-18)11-17-22(19,20)15-6-4-3-5-13(15)16/h3-6,12,14,17H,7-11H2,1-2H3. The van der Waals surface area contributed by atoms with Crippen LogP contribution < -0.4 is 4.72 Å². The maximum Gasteiger partial charge on any atom is 0.241 e. The Morgan fingerprint density at radius 3 is 2.50 bits per heavy atom. The van der Waals surface area contributed by atoms with Crippen LogP contribution in [-0.4, -0.2) is 52.2 Å². The van der Waals surface area contributed by atoms with Crippen molar-refractivity contribution in [1.29, 1.82) is 0 Å². The molecule has 0 aliphatic carbocycles. The Kier molecular flexibility index (Phi) is 6.40. The highest BCUT2D eigenvalue weighted by Crippen LogP contribution is 2.21. The Labute approximate surface area is 141 Å². The summed E-state index contributed by atoms with van der Waals surface area (Å²) in [7, 11) is -3.51. The van der Waals surface area contributed by atoms with Crippen LogP contribution in [0.3, 0.4) is 0 Å². The lowest BCUT2D eigenvalue weighted by molar-refractivity contribution is 0.00776. The number of halogens is 1. The average molecular weight is 391 g/mol. The van der Waals surface area contributed by atoms with Gasteiger partial charge in [-0.1, -0.05) is 26.0 Å². The van der Waals surface area contributed by atoms with Crippen molar-refractivity contribution >= 4 is 26.0 Å². The summed E-state index contributed by atoms with van der Waals surface area (Å²) in [6.07, 6.45) is 0. The Morgan fingerprint density at radius 2 is 1.91 bits per heavy atom. The van der Waals surface area contributed by atoms with Gasteiger partial charge >= 0.3 is 0 Å². The molecule has 5 nitrogen and oxygen atoms in total. The third-order valence-corrected chi connectivity index (χ3v) is 6.33. The van der Waals surface area contributed by atoms with Gasteiger partial charge in [-0.25, -0.2) is 13.1 Å². The smallest absolute Gasteiger partial charge is 0.241 e. The molecule has 1 aliphatic heterocycles. The van der Waals surface area contributed by atoms with Crippen LogP contribution in [0.15, 0.2) is 33.6 Å². The van der Waals surface area contributed by atoms with Crippen LogP contribution in [0.25, 0.3) is 0 Å². The molecular formula is C15H23BrN2O3S. The highest BCUT2D eigenvalue weighted by molar-refractivity contribution is 9.10. The maximum absolute atomic E-state index is 12.5. The molecule has 1 aromatic rings. The van der Waals surface area contributed by atoms with E-state index in [1.165, 1.54) is 0 Å². The number of rotatable bonds is 6. The molecule has 7 heteroatoms. The first kappa shape index (κ1) is 17.9. The monoisotopic (exact) mass is 390 g/mol. The molecule has 1 aromatic carbocycles. The molecule has 1 fully saturated rings. The Hall–Kier alpha value is -0.470. The topological polar surface area (TPSA) is 58.6 Å². The van der Waals surface area contributed by atoms with Crippen molar-refractivity contribution in [3.05, 3.63) is 28.7 Å². The number of hydrogen-bond donors (Lipinski definition) is 1. The molecule has 0 spiro atoms. The zero-order valence-corrected chi connectivity index (χ0v) is 15.4. The van der Waals surface area contributed by atoms with E-state index >= 15 is 0 Å². The third-order valence-electron chi connectivity index (χ3n) is 3.89. The van der Waals surface area contributed by atoms with E-state index in [-0.39, 0.29) is 10.9 Å². The van der Waals surface area contributed by atoms with Crippen LogP contribution in [-0.2, 0) is 14.8 Å². The van der Waals surface area contributed by atoms with Crippen LogP contribution in [0.5, 0.6) is 0 Å². The fourth-order valence-electron chi connectivity index (χ4n) is 2.63. The van der Waals surface area contributed by atoms with Gasteiger partial charge in [0, 0.05) is 30.1 Å². The second-order valence-corrected chi connectivity index (χ2v) is 8.33. The second kappa shape index (κ2) is 7.88. The molecule has 22 heavy (non-hydrogen) atoms. The zero-order chi connectivity index (χ0) is 16.2. The van der Waals surface area contributed by atoms with Crippen molar-refractivity contribution in [1.82, 2.24) is 9.62 Å². The highest BCUT2D eigenvalue weighted by atomic mass is 79.9. The highest BCUT2D eigenvalue weighted by Gasteiger charge is 2.26. The molecular weight excluding hydrogens is 368 g/mol. The molecule has 1 heterocycles. The summed E-state index contributed by atoms with van der Waals surface area (Å²) in [6.45, 7) is 7.75. The van der Waals surface area contributed by atoms with Crippen molar-refractivity contribution in [2.24, 2.45) is 5.92 Å².